The Morgan fingerprint density at radius 3 is 2.39 bits per heavy atom. The van der Waals surface area contributed by atoms with Crippen LogP contribution in [0.25, 0.3) is 0 Å². The fraction of sp³-hybridized carbons (Fsp3) is 0.278. The van der Waals surface area contributed by atoms with Crippen LogP contribution in [0.3, 0.4) is 0 Å². The average molecular weight is 333 g/mol. The minimum absolute atomic E-state index is 0.0294. The largest absolute Gasteiger partial charge is 0.484 e. The van der Waals surface area contributed by atoms with Gasteiger partial charge in [0.05, 0.1) is 6.04 Å². The third-order valence-corrected chi connectivity index (χ3v) is 3.52. The predicted molar refractivity (Wildman–Crippen MR) is 92.8 cm³/mol. The normalized spacial score (nSPS) is 12.0. The number of benzene rings is 2. The molecule has 23 heavy (non-hydrogen) atoms. The Hall–Kier alpha value is -2.04. The van der Waals surface area contributed by atoms with E-state index in [-0.39, 0.29) is 18.6 Å². The molecule has 2 aromatic carbocycles. The fourth-order valence-corrected chi connectivity index (χ4v) is 2.33. The molecule has 0 saturated heterocycles. The van der Waals surface area contributed by atoms with Gasteiger partial charge < -0.3 is 15.0 Å². The zero-order valence-corrected chi connectivity index (χ0v) is 14.1. The molecule has 0 radical (unpaired) electrons. The number of amides is 1. The Bertz CT molecular complexity index is 615. The van der Waals surface area contributed by atoms with Crippen molar-refractivity contribution in [3.8, 4) is 5.75 Å². The molecule has 0 fully saturated rings. The number of nitrogens with one attached hydrogen (secondary N) is 1. The number of rotatable bonds is 7. The summed E-state index contributed by atoms with van der Waals surface area (Å²) >= 11 is 5.82. The summed E-state index contributed by atoms with van der Waals surface area (Å²) in [6, 6.07) is 16.8. The maximum Gasteiger partial charge on any atom is 0.258 e. The Morgan fingerprint density at radius 2 is 1.78 bits per heavy atom. The van der Waals surface area contributed by atoms with E-state index in [1.54, 1.807) is 24.3 Å². The summed E-state index contributed by atoms with van der Waals surface area (Å²) < 4.78 is 5.48. The van der Waals surface area contributed by atoms with Crippen LogP contribution in [0.2, 0.25) is 5.02 Å². The molecule has 1 N–H and O–H groups in total. The van der Waals surface area contributed by atoms with Crippen molar-refractivity contribution in [2.75, 3.05) is 27.2 Å². The summed E-state index contributed by atoms with van der Waals surface area (Å²) in [5.74, 6) is 0.462. The topological polar surface area (TPSA) is 41.6 Å². The van der Waals surface area contributed by atoms with Gasteiger partial charge in [-0.3, -0.25) is 4.79 Å². The quantitative estimate of drug-likeness (QED) is 0.847. The third-order valence-electron chi connectivity index (χ3n) is 3.27. The van der Waals surface area contributed by atoms with Crippen LogP contribution in [-0.2, 0) is 4.79 Å². The zero-order valence-electron chi connectivity index (χ0n) is 13.3. The Balaban J connectivity index is 1.93. The van der Waals surface area contributed by atoms with Gasteiger partial charge in [-0.25, -0.2) is 0 Å². The monoisotopic (exact) mass is 332 g/mol. The first-order valence-electron chi connectivity index (χ1n) is 7.42. The molecular formula is C18H21ClN2O2. The number of carbonyl (C=O) groups is 1. The average Bonchev–Trinajstić information content (AvgIpc) is 2.54. The first kappa shape index (κ1) is 17.3. The molecular weight excluding hydrogens is 312 g/mol. The van der Waals surface area contributed by atoms with Crippen LogP contribution < -0.4 is 10.1 Å². The van der Waals surface area contributed by atoms with Gasteiger partial charge in [-0.05, 0) is 43.9 Å². The van der Waals surface area contributed by atoms with Crippen molar-refractivity contribution in [2.24, 2.45) is 0 Å². The first-order valence-corrected chi connectivity index (χ1v) is 7.80. The molecule has 0 saturated carbocycles. The lowest BCUT2D eigenvalue weighted by atomic mass is 10.1. The molecule has 2 aromatic rings. The summed E-state index contributed by atoms with van der Waals surface area (Å²) in [6.45, 7) is 0.690. The second-order valence-corrected chi connectivity index (χ2v) is 5.97. The summed E-state index contributed by atoms with van der Waals surface area (Å²) in [7, 11) is 3.96. The van der Waals surface area contributed by atoms with Crippen LogP contribution in [0.1, 0.15) is 11.6 Å². The highest BCUT2D eigenvalue weighted by Crippen LogP contribution is 2.16. The van der Waals surface area contributed by atoms with E-state index in [1.165, 1.54) is 0 Å². The van der Waals surface area contributed by atoms with Crippen molar-refractivity contribution < 1.29 is 9.53 Å². The second kappa shape index (κ2) is 8.56. The molecule has 5 heteroatoms. The van der Waals surface area contributed by atoms with Crippen LogP contribution in [0.5, 0.6) is 5.75 Å². The highest BCUT2D eigenvalue weighted by molar-refractivity contribution is 6.30. The molecule has 0 spiro atoms. The van der Waals surface area contributed by atoms with E-state index in [1.807, 2.05) is 49.3 Å². The molecule has 0 aliphatic carbocycles. The zero-order chi connectivity index (χ0) is 16.7. The van der Waals surface area contributed by atoms with Crippen molar-refractivity contribution in [3.63, 3.8) is 0 Å². The van der Waals surface area contributed by atoms with Gasteiger partial charge in [0.25, 0.3) is 5.91 Å². The summed E-state index contributed by atoms with van der Waals surface area (Å²) in [6.07, 6.45) is 0. The number of hydrogen-bond acceptors (Lipinski definition) is 3. The molecule has 0 bridgehead atoms. The predicted octanol–water partition coefficient (Wildman–Crippen LogP) is 3.14. The second-order valence-electron chi connectivity index (χ2n) is 5.54. The lowest BCUT2D eigenvalue weighted by Crippen LogP contribution is -2.37. The summed E-state index contributed by atoms with van der Waals surface area (Å²) in [5.41, 5.74) is 1.07. The van der Waals surface area contributed by atoms with Crippen molar-refractivity contribution >= 4 is 17.5 Å². The molecule has 0 aliphatic rings. The highest BCUT2D eigenvalue weighted by Gasteiger charge is 2.15. The van der Waals surface area contributed by atoms with Crippen LogP contribution in [0, 0.1) is 0 Å². The highest BCUT2D eigenvalue weighted by atomic mass is 35.5. The number of hydrogen-bond donors (Lipinski definition) is 1. The van der Waals surface area contributed by atoms with Crippen LogP contribution in [0.4, 0.5) is 0 Å². The number of halogens is 1. The van der Waals surface area contributed by atoms with E-state index in [0.29, 0.717) is 10.8 Å². The summed E-state index contributed by atoms with van der Waals surface area (Å²) in [5, 5.41) is 3.65. The third kappa shape index (κ3) is 5.93. The molecule has 0 heterocycles. The molecule has 2 rings (SSSR count). The lowest BCUT2D eigenvalue weighted by molar-refractivity contribution is -0.124. The van der Waals surface area contributed by atoms with Crippen LogP contribution in [0.15, 0.2) is 54.6 Å². The standard InChI is InChI=1S/C18H21ClN2O2/c1-21(2)12-17(14-6-4-3-5-7-14)20-18(22)13-23-16-10-8-15(19)9-11-16/h3-11,17H,12-13H2,1-2H3,(H,20,22)/t17-/m1/s1. The maximum atomic E-state index is 12.2. The molecule has 1 amide bonds. The molecule has 0 unspecified atom stereocenters. The molecule has 122 valence electrons. The number of ether oxygens (including phenoxy) is 1. The minimum atomic E-state index is -0.157. The van der Waals surface area contributed by atoms with E-state index < -0.39 is 0 Å². The van der Waals surface area contributed by atoms with Gasteiger partial charge in [-0.15, -0.1) is 0 Å². The molecule has 4 nitrogen and oxygen atoms in total. The SMILES string of the molecule is CN(C)C[C@@H](NC(=O)COc1ccc(Cl)cc1)c1ccccc1. The summed E-state index contributed by atoms with van der Waals surface area (Å²) in [4.78, 5) is 14.2. The van der Waals surface area contributed by atoms with Crippen molar-refractivity contribution in [1.29, 1.82) is 0 Å². The van der Waals surface area contributed by atoms with Gasteiger partial charge in [0.1, 0.15) is 5.75 Å². The lowest BCUT2D eigenvalue weighted by Gasteiger charge is -2.23. The van der Waals surface area contributed by atoms with E-state index in [0.717, 1.165) is 12.1 Å². The van der Waals surface area contributed by atoms with E-state index in [2.05, 4.69) is 5.32 Å². The van der Waals surface area contributed by atoms with Gasteiger partial charge in [0.15, 0.2) is 6.61 Å². The van der Waals surface area contributed by atoms with Gasteiger partial charge in [-0.1, -0.05) is 41.9 Å². The van der Waals surface area contributed by atoms with Crippen molar-refractivity contribution in [3.05, 3.63) is 65.2 Å². The molecule has 0 aliphatic heterocycles. The smallest absolute Gasteiger partial charge is 0.258 e. The number of likely N-dealkylation sites (N-methyl/N-ethyl adjacent to an activating group) is 1. The van der Waals surface area contributed by atoms with Crippen LogP contribution >= 0.6 is 11.6 Å². The van der Waals surface area contributed by atoms with E-state index in [4.69, 9.17) is 16.3 Å². The van der Waals surface area contributed by atoms with Gasteiger partial charge in [0.2, 0.25) is 0 Å². The number of carbonyl (C=O) groups excluding carboxylic acids is 1. The van der Waals surface area contributed by atoms with Gasteiger partial charge >= 0.3 is 0 Å². The number of nitrogens with zero attached hydrogens (tertiary/aromatic N) is 1. The van der Waals surface area contributed by atoms with Crippen molar-refractivity contribution in [1.82, 2.24) is 10.2 Å². The van der Waals surface area contributed by atoms with Gasteiger partial charge in [-0.2, -0.15) is 0 Å². The van der Waals surface area contributed by atoms with Gasteiger partial charge in [0, 0.05) is 11.6 Å². The van der Waals surface area contributed by atoms with E-state index >= 15 is 0 Å². The van der Waals surface area contributed by atoms with Crippen molar-refractivity contribution in [2.45, 2.75) is 6.04 Å². The first-order chi connectivity index (χ1) is 11.0. The van der Waals surface area contributed by atoms with E-state index in [9.17, 15) is 4.79 Å². The minimum Gasteiger partial charge on any atom is -0.484 e. The molecule has 1 atom stereocenters. The van der Waals surface area contributed by atoms with Crippen LogP contribution in [-0.4, -0.2) is 38.1 Å². The maximum absolute atomic E-state index is 12.2. The Labute approximate surface area is 142 Å². The Morgan fingerprint density at radius 1 is 1.13 bits per heavy atom. The fourth-order valence-electron chi connectivity index (χ4n) is 2.20. The Kier molecular flexibility index (Phi) is 6.44. The molecule has 0 aromatic heterocycles.